The van der Waals surface area contributed by atoms with Crippen LogP contribution < -0.4 is 0 Å². The smallest absolute Gasteiger partial charge is 0.0894 e. The molecule has 1 N–H and O–H groups in total. The number of aliphatic hydroxyl groups excluding tert-OH is 1. The third-order valence-electron chi connectivity index (χ3n) is 2.18. The Labute approximate surface area is 68.4 Å². The van der Waals surface area contributed by atoms with Gasteiger partial charge in [-0.15, -0.1) is 0 Å². The first-order valence-corrected chi connectivity index (χ1v) is 4.26. The van der Waals surface area contributed by atoms with Crippen molar-refractivity contribution in [2.45, 2.75) is 39.5 Å². The number of hydrogen-bond donors (Lipinski definition) is 1. The van der Waals surface area contributed by atoms with Crippen molar-refractivity contribution in [3.8, 4) is 0 Å². The molecular weight excluding hydrogens is 136 g/mol. The maximum Gasteiger partial charge on any atom is 0.0894 e. The Kier molecular flexibility index (Phi) is 2.75. The number of aliphatic hydroxyl groups is 1. The molecule has 0 aromatic carbocycles. The van der Waals surface area contributed by atoms with E-state index in [4.69, 9.17) is 5.11 Å². The zero-order chi connectivity index (χ0) is 8.27. The lowest BCUT2D eigenvalue weighted by atomic mass is 9.92. The van der Waals surface area contributed by atoms with E-state index in [2.05, 4.69) is 6.92 Å². The highest BCUT2D eigenvalue weighted by molar-refractivity contribution is 5.27. The standard InChI is InChI=1S/C10H16O/c1-8-5-3-4-6-10(8)7-9(2)11/h7,11H,3-6H2,1-2H3/b9-7+. The lowest BCUT2D eigenvalue weighted by molar-refractivity contribution is 0.413. The van der Waals surface area contributed by atoms with E-state index in [1.54, 1.807) is 6.92 Å². The van der Waals surface area contributed by atoms with Crippen molar-refractivity contribution in [2.75, 3.05) is 0 Å². The van der Waals surface area contributed by atoms with Gasteiger partial charge in [0.15, 0.2) is 0 Å². The minimum absolute atomic E-state index is 0.432. The molecule has 1 rings (SSSR count). The quantitative estimate of drug-likeness (QED) is 0.571. The highest BCUT2D eigenvalue weighted by Crippen LogP contribution is 2.25. The average Bonchev–Trinajstić information content (AvgIpc) is 1.93. The van der Waals surface area contributed by atoms with E-state index in [0.29, 0.717) is 5.76 Å². The molecule has 0 aromatic rings. The maximum absolute atomic E-state index is 9.05. The van der Waals surface area contributed by atoms with Gasteiger partial charge in [0.25, 0.3) is 0 Å². The van der Waals surface area contributed by atoms with Crippen LogP contribution in [0, 0.1) is 0 Å². The van der Waals surface area contributed by atoms with E-state index in [1.165, 1.54) is 30.4 Å². The van der Waals surface area contributed by atoms with Crippen LogP contribution in [0.15, 0.2) is 23.0 Å². The summed E-state index contributed by atoms with van der Waals surface area (Å²) < 4.78 is 0. The third kappa shape index (κ3) is 2.41. The van der Waals surface area contributed by atoms with Crippen LogP contribution >= 0.6 is 0 Å². The molecule has 11 heavy (non-hydrogen) atoms. The van der Waals surface area contributed by atoms with Crippen molar-refractivity contribution in [3.63, 3.8) is 0 Å². The van der Waals surface area contributed by atoms with Crippen molar-refractivity contribution in [2.24, 2.45) is 0 Å². The van der Waals surface area contributed by atoms with Gasteiger partial charge in [0.2, 0.25) is 0 Å². The maximum atomic E-state index is 9.05. The molecule has 0 fully saturated rings. The van der Waals surface area contributed by atoms with Gasteiger partial charge in [0, 0.05) is 0 Å². The molecule has 0 unspecified atom stereocenters. The Morgan fingerprint density at radius 2 is 2.00 bits per heavy atom. The van der Waals surface area contributed by atoms with Crippen LogP contribution in [0.2, 0.25) is 0 Å². The van der Waals surface area contributed by atoms with E-state index in [0.717, 1.165) is 6.42 Å². The normalized spacial score (nSPS) is 20.7. The molecule has 0 aromatic heterocycles. The average molecular weight is 152 g/mol. The van der Waals surface area contributed by atoms with E-state index in [-0.39, 0.29) is 0 Å². The van der Waals surface area contributed by atoms with Crippen molar-refractivity contribution in [3.05, 3.63) is 23.0 Å². The van der Waals surface area contributed by atoms with E-state index in [9.17, 15) is 0 Å². The summed E-state index contributed by atoms with van der Waals surface area (Å²) in [5.41, 5.74) is 2.79. The molecule has 0 saturated heterocycles. The van der Waals surface area contributed by atoms with Gasteiger partial charge in [0.1, 0.15) is 0 Å². The fourth-order valence-electron chi connectivity index (χ4n) is 1.53. The summed E-state index contributed by atoms with van der Waals surface area (Å²) in [6.07, 6.45) is 6.83. The SMILES string of the molecule is CC1=C(/C=C(\C)O)CCCC1. The van der Waals surface area contributed by atoms with Crippen LogP contribution in [0.4, 0.5) is 0 Å². The summed E-state index contributed by atoms with van der Waals surface area (Å²) in [4.78, 5) is 0. The molecule has 0 radical (unpaired) electrons. The van der Waals surface area contributed by atoms with Crippen molar-refractivity contribution in [1.82, 2.24) is 0 Å². The fourth-order valence-corrected chi connectivity index (χ4v) is 1.53. The van der Waals surface area contributed by atoms with Crippen LogP contribution in [0.1, 0.15) is 39.5 Å². The van der Waals surface area contributed by atoms with Gasteiger partial charge < -0.3 is 5.11 Å². The fraction of sp³-hybridized carbons (Fsp3) is 0.600. The molecular formula is C10H16O. The Morgan fingerprint density at radius 3 is 2.55 bits per heavy atom. The Balaban J connectivity index is 2.75. The van der Waals surface area contributed by atoms with Crippen LogP contribution in [-0.4, -0.2) is 5.11 Å². The topological polar surface area (TPSA) is 20.2 Å². The first kappa shape index (κ1) is 8.38. The number of allylic oxidation sites excluding steroid dienone is 4. The second kappa shape index (κ2) is 3.61. The summed E-state index contributed by atoms with van der Waals surface area (Å²) in [6, 6.07) is 0. The molecule has 0 saturated carbocycles. The first-order chi connectivity index (χ1) is 5.20. The summed E-state index contributed by atoms with van der Waals surface area (Å²) in [5.74, 6) is 0.432. The lowest BCUT2D eigenvalue weighted by Gasteiger charge is -2.14. The van der Waals surface area contributed by atoms with Gasteiger partial charge in [-0.3, -0.25) is 0 Å². The van der Waals surface area contributed by atoms with E-state index >= 15 is 0 Å². The highest BCUT2D eigenvalue weighted by atomic mass is 16.3. The molecule has 0 spiro atoms. The predicted octanol–water partition coefficient (Wildman–Crippen LogP) is 3.34. The van der Waals surface area contributed by atoms with Crippen LogP contribution in [0.3, 0.4) is 0 Å². The summed E-state index contributed by atoms with van der Waals surface area (Å²) in [5, 5.41) is 9.05. The summed E-state index contributed by atoms with van der Waals surface area (Å²) >= 11 is 0. The molecule has 1 aliphatic rings. The molecule has 0 heterocycles. The van der Waals surface area contributed by atoms with Crippen molar-refractivity contribution in [1.29, 1.82) is 0 Å². The van der Waals surface area contributed by atoms with E-state index < -0.39 is 0 Å². The van der Waals surface area contributed by atoms with Gasteiger partial charge in [-0.05, 0) is 51.2 Å². The largest absolute Gasteiger partial charge is 0.513 e. The third-order valence-corrected chi connectivity index (χ3v) is 2.18. The van der Waals surface area contributed by atoms with Gasteiger partial charge in [0.05, 0.1) is 5.76 Å². The molecule has 1 nitrogen and oxygen atoms in total. The first-order valence-electron chi connectivity index (χ1n) is 4.26. The number of rotatable bonds is 1. The number of hydrogen-bond acceptors (Lipinski definition) is 1. The highest BCUT2D eigenvalue weighted by Gasteiger charge is 2.06. The van der Waals surface area contributed by atoms with E-state index in [1.807, 2.05) is 6.08 Å². The minimum Gasteiger partial charge on any atom is -0.513 e. The monoisotopic (exact) mass is 152 g/mol. The minimum atomic E-state index is 0.432. The molecule has 0 bridgehead atoms. The van der Waals surface area contributed by atoms with Crippen LogP contribution in [0.25, 0.3) is 0 Å². The molecule has 1 heteroatoms. The Bertz CT molecular complexity index is 195. The molecule has 1 aliphatic carbocycles. The molecule has 62 valence electrons. The van der Waals surface area contributed by atoms with Gasteiger partial charge >= 0.3 is 0 Å². The van der Waals surface area contributed by atoms with Crippen LogP contribution in [0.5, 0.6) is 0 Å². The Hall–Kier alpha value is -0.720. The van der Waals surface area contributed by atoms with Gasteiger partial charge in [-0.2, -0.15) is 0 Å². The second-order valence-corrected chi connectivity index (χ2v) is 3.30. The lowest BCUT2D eigenvalue weighted by Crippen LogP contribution is -1.95. The zero-order valence-electron chi connectivity index (χ0n) is 7.35. The molecule has 0 amide bonds. The Morgan fingerprint density at radius 1 is 1.36 bits per heavy atom. The summed E-state index contributed by atoms with van der Waals surface area (Å²) in [6.45, 7) is 3.89. The van der Waals surface area contributed by atoms with Crippen molar-refractivity contribution < 1.29 is 5.11 Å². The van der Waals surface area contributed by atoms with Gasteiger partial charge in [-0.25, -0.2) is 0 Å². The predicted molar refractivity (Wildman–Crippen MR) is 47.6 cm³/mol. The second-order valence-electron chi connectivity index (χ2n) is 3.30. The van der Waals surface area contributed by atoms with Crippen LogP contribution in [-0.2, 0) is 0 Å². The molecule has 0 atom stereocenters. The molecule has 0 aliphatic heterocycles. The van der Waals surface area contributed by atoms with Gasteiger partial charge in [-0.1, -0.05) is 5.57 Å². The van der Waals surface area contributed by atoms with Crippen molar-refractivity contribution >= 4 is 0 Å². The zero-order valence-corrected chi connectivity index (χ0v) is 7.35. The summed E-state index contributed by atoms with van der Waals surface area (Å²) in [7, 11) is 0.